The standard InChI is InChI=1S/C24H38O3/c1-14(25)15-7-11-24(6)20(15)16(26)13-18-22(4)10-9-19(27)21(2,3)17(22)8-12-23(18,24)5/h15-18,20,26H,7-13H2,1-6H3/t15-,16-,17+,18-,20+,22+,23-,24-/m1/s1. The van der Waals surface area contributed by atoms with Gasteiger partial charge in [0.2, 0.25) is 0 Å². The van der Waals surface area contributed by atoms with Crippen molar-refractivity contribution in [3.05, 3.63) is 0 Å². The van der Waals surface area contributed by atoms with Gasteiger partial charge in [0.25, 0.3) is 0 Å². The van der Waals surface area contributed by atoms with Crippen LogP contribution >= 0.6 is 0 Å². The lowest BCUT2D eigenvalue weighted by Gasteiger charge is -2.69. The molecule has 4 aliphatic rings. The van der Waals surface area contributed by atoms with E-state index in [-0.39, 0.29) is 45.4 Å². The van der Waals surface area contributed by atoms with Gasteiger partial charge in [-0.25, -0.2) is 0 Å². The van der Waals surface area contributed by atoms with E-state index in [9.17, 15) is 14.7 Å². The Hall–Kier alpha value is -0.700. The number of rotatable bonds is 1. The van der Waals surface area contributed by atoms with Gasteiger partial charge in [-0.1, -0.05) is 34.6 Å². The first-order valence-corrected chi connectivity index (χ1v) is 11.1. The zero-order valence-electron chi connectivity index (χ0n) is 18.1. The van der Waals surface area contributed by atoms with Crippen molar-refractivity contribution >= 4 is 11.6 Å². The number of aliphatic hydroxyl groups is 1. The van der Waals surface area contributed by atoms with Crippen molar-refractivity contribution in [2.24, 2.45) is 45.3 Å². The van der Waals surface area contributed by atoms with Crippen LogP contribution < -0.4 is 0 Å². The molecule has 0 spiro atoms. The van der Waals surface area contributed by atoms with E-state index < -0.39 is 0 Å². The Kier molecular flexibility index (Phi) is 4.12. The van der Waals surface area contributed by atoms with Crippen LogP contribution in [-0.4, -0.2) is 22.8 Å². The van der Waals surface area contributed by atoms with Crippen molar-refractivity contribution < 1.29 is 14.7 Å². The Morgan fingerprint density at radius 2 is 1.59 bits per heavy atom. The van der Waals surface area contributed by atoms with E-state index in [4.69, 9.17) is 0 Å². The number of aliphatic hydroxyl groups excluding tert-OH is 1. The maximum absolute atomic E-state index is 12.7. The monoisotopic (exact) mass is 374 g/mol. The summed E-state index contributed by atoms with van der Waals surface area (Å²) in [5.74, 6) is 1.65. The fourth-order valence-corrected chi connectivity index (χ4v) is 9.01. The molecule has 3 heteroatoms. The van der Waals surface area contributed by atoms with E-state index >= 15 is 0 Å². The second kappa shape index (κ2) is 5.68. The minimum absolute atomic E-state index is 0.0191. The van der Waals surface area contributed by atoms with Crippen molar-refractivity contribution in [2.75, 3.05) is 0 Å². The molecule has 0 bridgehead atoms. The van der Waals surface area contributed by atoms with Crippen molar-refractivity contribution in [3.63, 3.8) is 0 Å². The SMILES string of the molecule is CC(=O)[C@H]1CC[C@]2(C)[C@@H]1[C@H](O)C[C@@H]1[C@@]3(C)CCC(=O)C(C)(C)[C@@H]3CC[C@]12C. The van der Waals surface area contributed by atoms with Crippen molar-refractivity contribution in [2.45, 2.75) is 92.6 Å². The highest BCUT2D eigenvalue weighted by Gasteiger charge is 2.70. The molecule has 0 amide bonds. The molecule has 3 nitrogen and oxygen atoms in total. The second-order valence-corrected chi connectivity index (χ2v) is 11.7. The fraction of sp³-hybridized carbons (Fsp3) is 0.917. The third-order valence-corrected chi connectivity index (χ3v) is 10.7. The first-order chi connectivity index (χ1) is 12.4. The molecule has 0 radical (unpaired) electrons. The lowest BCUT2D eigenvalue weighted by molar-refractivity contribution is -0.225. The molecule has 4 rings (SSSR count). The smallest absolute Gasteiger partial charge is 0.138 e. The molecule has 4 saturated carbocycles. The van der Waals surface area contributed by atoms with Gasteiger partial charge in [-0.15, -0.1) is 0 Å². The van der Waals surface area contributed by atoms with Crippen LogP contribution in [0.4, 0.5) is 0 Å². The van der Waals surface area contributed by atoms with Crippen LogP contribution in [0, 0.1) is 45.3 Å². The van der Waals surface area contributed by atoms with Gasteiger partial charge >= 0.3 is 0 Å². The third kappa shape index (κ3) is 2.24. The predicted molar refractivity (Wildman–Crippen MR) is 106 cm³/mol. The molecule has 0 aromatic heterocycles. The van der Waals surface area contributed by atoms with Crippen LogP contribution in [0.15, 0.2) is 0 Å². The van der Waals surface area contributed by atoms with Crippen molar-refractivity contribution in [1.82, 2.24) is 0 Å². The van der Waals surface area contributed by atoms with Gasteiger partial charge in [0.05, 0.1) is 6.10 Å². The summed E-state index contributed by atoms with van der Waals surface area (Å²) in [7, 11) is 0. The van der Waals surface area contributed by atoms with E-state index in [1.807, 2.05) is 0 Å². The number of hydrogen-bond donors (Lipinski definition) is 1. The van der Waals surface area contributed by atoms with E-state index in [0.29, 0.717) is 24.0 Å². The number of carbonyl (C=O) groups excluding carboxylic acids is 2. The summed E-state index contributed by atoms with van der Waals surface area (Å²) >= 11 is 0. The van der Waals surface area contributed by atoms with Gasteiger partial charge in [0.15, 0.2) is 0 Å². The summed E-state index contributed by atoms with van der Waals surface area (Å²) in [5.41, 5.74) is 0.0103. The summed E-state index contributed by atoms with van der Waals surface area (Å²) in [5, 5.41) is 11.3. The largest absolute Gasteiger partial charge is 0.393 e. The quantitative estimate of drug-likeness (QED) is 0.717. The highest BCUT2D eigenvalue weighted by molar-refractivity contribution is 5.85. The highest BCUT2D eigenvalue weighted by atomic mass is 16.3. The number of ketones is 2. The van der Waals surface area contributed by atoms with Gasteiger partial charge in [-0.3, -0.25) is 9.59 Å². The summed E-state index contributed by atoms with van der Waals surface area (Å²) in [6.07, 6.45) is 6.26. The van der Waals surface area contributed by atoms with Crippen LogP contribution in [0.5, 0.6) is 0 Å². The molecule has 0 heterocycles. The van der Waals surface area contributed by atoms with Gasteiger partial charge in [0, 0.05) is 23.7 Å². The predicted octanol–water partition coefficient (Wildman–Crippen LogP) is 4.80. The minimum Gasteiger partial charge on any atom is -0.393 e. The summed E-state index contributed by atoms with van der Waals surface area (Å²) in [4.78, 5) is 25.0. The average Bonchev–Trinajstić information content (AvgIpc) is 2.94. The highest BCUT2D eigenvalue weighted by Crippen LogP contribution is 2.74. The second-order valence-electron chi connectivity index (χ2n) is 11.7. The van der Waals surface area contributed by atoms with Crippen LogP contribution in [0.1, 0.15) is 86.5 Å². The van der Waals surface area contributed by atoms with Gasteiger partial charge < -0.3 is 5.11 Å². The minimum atomic E-state index is -0.388. The third-order valence-electron chi connectivity index (χ3n) is 10.7. The molecule has 4 fully saturated rings. The van der Waals surface area contributed by atoms with E-state index in [1.54, 1.807) is 6.92 Å². The lowest BCUT2D eigenvalue weighted by Crippen LogP contribution is -2.65. The number of hydrogen-bond acceptors (Lipinski definition) is 3. The molecule has 27 heavy (non-hydrogen) atoms. The Bertz CT molecular complexity index is 681. The molecular weight excluding hydrogens is 336 g/mol. The van der Waals surface area contributed by atoms with Gasteiger partial charge in [0.1, 0.15) is 11.6 Å². The van der Waals surface area contributed by atoms with E-state index in [2.05, 4.69) is 34.6 Å². The number of Topliss-reactive ketones (excluding diaryl/α,β-unsaturated/α-hetero) is 2. The zero-order valence-corrected chi connectivity index (χ0v) is 18.1. The molecule has 0 unspecified atom stereocenters. The van der Waals surface area contributed by atoms with Crippen LogP contribution in [0.25, 0.3) is 0 Å². The first-order valence-electron chi connectivity index (χ1n) is 11.1. The maximum atomic E-state index is 12.7. The van der Waals surface area contributed by atoms with Gasteiger partial charge in [-0.2, -0.15) is 0 Å². The molecule has 0 aliphatic heterocycles. The number of carbonyl (C=O) groups is 2. The van der Waals surface area contributed by atoms with Crippen molar-refractivity contribution in [1.29, 1.82) is 0 Å². The Morgan fingerprint density at radius 3 is 2.22 bits per heavy atom. The molecule has 152 valence electrons. The summed E-state index contributed by atoms with van der Waals surface area (Å²) in [6.45, 7) is 13.3. The molecule has 0 aromatic carbocycles. The lowest BCUT2D eigenvalue weighted by atomic mass is 9.35. The summed E-state index contributed by atoms with van der Waals surface area (Å²) in [6, 6.07) is 0. The normalized spacial score (nSPS) is 54.0. The maximum Gasteiger partial charge on any atom is 0.138 e. The first kappa shape index (κ1) is 19.6. The Balaban J connectivity index is 1.78. The average molecular weight is 375 g/mol. The molecule has 0 saturated heterocycles. The van der Waals surface area contributed by atoms with Crippen LogP contribution in [0.2, 0.25) is 0 Å². The van der Waals surface area contributed by atoms with E-state index in [0.717, 1.165) is 38.5 Å². The van der Waals surface area contributed by atoms with Crippen LogP contribution in [0.3, 0.4) is 0 Å². The van der Waals surface area contributed by atoms with Gasteiger partial charge in [-0.05, 0) is 73.5 Å². The van der Waals surface area contributed by atoms with Crippen molar-refractivity contribution in [3.8, 4) is 0 Å². The van der Waals surface area contributed by atoms with Crippen LogP contribution in [-0.2, 0) is 9.59 Å². The fourth-order valence-electron chi connectivity index (χ4n) is 9.01. The molecule has 4 aliphatic carbocycles. The zero-order chi connectivity index (χ0) is 20.0. The molecule has 0 aromatic rings. The summed E-state index contributed by atoms with van der Waals surface area (Å²) < 4.78 is 0. The topological polar surface area (TPSA) is 54.4 Å². The molecular formula is C24H38O3. The van der Waals surface area contributed by atoms with E-state index in [1.165, 1.54) is 0 Å². The molecule has 8 atom stereocenters. The molecule has 1 N–H and O–H groups in total. The number of fused-ring (bicyclic) bond motifs is 5. The Morgan fingerprint density at radius 1 is 0.963 bits per heavy atom. The Labute approximate surface area is 164 Å².